The van der Waals surface area contributed by atoms with E-state index in [0.29, 0.717) is 31.2 Å². The highest BCUT2D eigenvalue weighted by molar-refractivity contribution is 7.90. The van der Waals surface area contributed by atoms with E-state index in [1.165, 1.54) is 4.31 Å². The van der Waals surface area contributed by atoms with Gasteiger partial charge in [-0.1, -0.05) is 11.6 Å². The third-order valence-electron chi connectivity index (χ3n) is 5.29. The van der Waals surface area contributed by atoms with Crippen LogP contribution in [-0.2, 0) is 14.8 Å². The van der Waals surface area contributed by atoms with Crippen LogP contribution >= 0.6 is 11.6 Å². The fraction of sp³-hybridized carbons (Fsp3) is 0.588. The standard InChI is InChI=1S/C17H22ClN3O3S/c18-14-1-3-15(4-2-14)19-7-9-20(10-8-19)17(22)13-11-21(12-13)25(23,24)16-5-6-16/h1-4,13,16H,5-12H2. The monoisotopic (exact) mass is 383 g/mol. The number of carbonyl (C=O) groups is 1. The molecule has 25 heavy (non-hydrogen) atoms. The molecule has 0 aromatic heterocycles. The lowest BCUT2D eigenvalue weighted by atomic mass is 10.0. The van der Waals surface area contributed by atoms with Gasteiger partial charge in [0.05, 0.1) is 11.2 Å². The van der Waals surface area contributed by atoms with E-state index in [9.17, 15) is 13.2 Å². The molecule has 2 heterocycles. The fourth-order valence-electron chi connectivity index (χ4n) is 3.47. The van der Waals surface area contributed by atoms with Gasteiger partial charge in [-0.15, -0.1) is 0 Å². The summed E-state index contributed by atoms with van der Waals surface area (Å²) in [5.74, 6) is -0.0754. The topological polar surface area (TPSA) is 60.9 Å². The summed E-state index contributed by atoms with van der Waals surface area (Å²) >= 11 is 5.92. The summed E-state index contributed by atoms with van der Waals surface area (Å²) < 4.78 is 25.7. The van der Waals surface area contributed by atoms with Gasteiger partial charge < -0.3 is 9.80 Å². The van der Waals surface area contributed by atoms with Crippen molar-refractivity contribution in [2.75, 3.05) is 44.2 Å². The summed E-state index contributed by atoms with van der Waals surface area (Å²) in [6.07, 6.45) is 1.54. The Morgan fingerprint density at radius 2 is 1.60 bits per heavy atom. The lowest BCUT2D eigenvalue weighted by Gasteiger charge is -2.42. The molecule has 0 unspecified atom stereocenters. The second kappa shape index (κ2) is 6.45. The number of nitrogens with zero attached hydrogens (tertiary/aromatic N) is 3. The maximum atomic E-state index is 12.6. The third kappa shape index (κ3) is 3.37. The van der Waals surface area contributed by atoms with Crippen LogP contribution in [0.3, 0.4) is 0 Å². The smallest absolute Gasteiger partial charge is 0.228 e. The summed E-state index contributed by atoms with van der Waals surface area (Å²) in [6, 6.07) is 7.73. The molecule has 136 valence electrons. The maximum Gasteiger partial charge on any atom is 0.228 e. The van der Waals surface area contributed by atoms with Crippen LogP contribution in [0.5, 0.6) is 0 Å². The Bertz CT molecular complexity index is 750. The number of hydrogen-bond donors (Lipinski definition) is 0. The molecule has 2 aliphatic heterocycles. The number of benzene rings is 1. The average molecular weight is 384 g/mol. The molecule has 2 saturated heterocycles. The van der Waals surface area contributed by atoms with Crippen molar-refractivity contribution in [3.05, 3.63) is 29.3 Å². The van der Waals surface area contributed by atoms with Crippen LogP contribution in [0.2, 0.25) is 5.02 Å². The van der Waals surface area contributed by atoms with Gasteiger partial charge in [-0.25, -0.2) is 8.42 Å². The Labute approximate surface area is 153 Å². The van der Waals surface area contributed by atoms with E-state index in [1.807, 2.05) is 29.2 Å². The van der Waals surface area contributed by atoms with E-state index in [4.69, 9.17) is 11.6 Å². The zero-order valence-corrected chi connectivity index (χ0v) is 15.5. The first-order chi connectivity index (χ1) is 11.9. The molecule has 0 N–H and O–H groups in total. The summed E-state index contributed by atoms with van der Waals surface area (Å²) in [6.45, 7) is 3.62. The summed E-state index contributed by atoms with van der Waals surface area (Å²) in [5.41, 5.74) is 1.11. The van der Waals surface area contributed by atoms with Crippen LogP contribution in [0.1, 0.15) is 12.8 Å². The van der Waals surface area contributed by atoms with Crippen LogP contribution in [0.25, 0.3) is 0 Å². The van der Waals surface area contributed by atoms with Gasteiger partial charge in [-0.05, 0) is 37.1 Å². The molecule has 0 atom stereocenters. The lowest BCUT2D eigenvalue weighted by molar-refractivity contribution is -0.139. The molecular formula is C17H22ClN3O3S. The first-order valence-electron chi connectivity index (χ1n) is 8.73. The quantitative estimate of drug-likeness (QED) is 0.788. The molecule has 1 aromatic rings. The van der Waals surface area contributed by atoms with E-state index in [1.54, 1.807) is 0 Å². The van der Waals surface area contributed by atoms with Crippen molar-refractivity contribution in [3.63, 3.8) is 0 Å². The van der Waals surface area contributed by atoms with Gasteiger partial charge in [0.25, 0.3) is 0 Å². The van der Waals surface area contributed by atoms with E-state index >= 15 is 0 Å². The summed E-state index contributed by atoms with van der Waals surface area (Å²) in [4.78, 5) is 16.7. The minimum Gasteiger partial charge on any atom is -0.368 e. The predicted molar refractivity (Wildman–Crippen MR) is 97.2 cm³/mol. The number of anilines is 1. The molecule has 4 rings (SSSR count). The van der Waals surface area contributed by atoms with Crippen LogP contribution in [0.4, 0.5) is 5.69 Å². The first-order valence-corrected chi connectivity index (χ1v) is 10.6. The van der Waals surface area contributed by atoms with Crippen molar-refractivity contribution >= 4 is 33.2 Å². The van der Waals surface area contributed by atoms with Crippen molar-refractivity contribution in [3.8, 4) is 0 Å². The molecule has 8 heteroatoms. The first kappa shape index (κ1) is 17.1. The molecule has 1 amide bonds. The van der Waals surface area contributed by atoms with Crippen molar-refractivity contribution in [2.24, 2.45) is 5.92 Å². The highest BCUT2D eigenvalue weighted by atomic mass is 35.5. The Hall–Kier alpha value is -1.31. The summed E-state index contributed by atoms with van der Waals surface area (Å²) in [5, 5.41) is 0.528. The van der Waals surface area contributed by atoms with Gasteiger partial charge in [0.15, 0.2) is 0 Å². The van der Waals surface area contributed by atoms with E-state index in [-0.39, 0.29) is 17.1 Å². The number of amides is 1. The molecule has 0 bridgehead atoms. The molecule has 1 aromatic carbocycles. The van der Waals surface area contributed by atoms with Crippen LogP contribution in [-0.4, -0.2) is 68.0 Å². The van der Waals surface area contributed by atoms with Crippen molar-refractivity contribution in [1.29, 1.82) is 0 Å². The molecule has 3 aliphatic rings. The SMILES string of the molecule is O=C(C1CN(S(=O)(=O)C2CC2)C1)N1CCN(c2ccc(Cl)cc2)CC1. The minimum absolute atomic E-state index is 0.0954. The molecular weight excluding hydrogens is 362 g/mol. The number of halogens is 1. The molecule has 6 nitrogen and oxygen atoms in total. The Kier molecular flexibility index (Phi) is 4.42. The Morgan fingerprint density at radius 3 is 2.16 bits per heavy atom. The number of piperazine rings is 1. The van der Waals surface area contributed by atoms with Crippen molar-refractivity contribution in [1.82, 2.24) is 9.21 Å². The number of sulfonamides is 1. The normalized spacial score (nSPS) is 22.8. The molecule has 0 radical (unpaired) electrons. The van der Waals surface area contributed by atoms with E-state index in [0.717, 1.165) is 31.6 Å². The van der Waals surface area contributed by atoms with Crippen LogP contribution in [0.15, 0.2) is 24.3 Å². The third-order valence-corrected chi connectivity index (χ3v) is 7.87. The number of hydrogen-bond acceptors (Lipinski definition) is 4. The number of rotatable bonds is 4. The predicted octanol–water partition coefficient (Wildman–Crippen LogP) is 1.41. The van der Waals surface area contributed by atoms with Crippen molar-refractivity contribution in [2.45, 2.75) is 18.1 Å². The zero-order valence-electron chi connectivity index (χ0n) is 14.0. The average Bonchev–Trinajstić information content (AvgIpc) is 3.39. The van der Waals surface area contributed by atoms with Gasteiger partial charge in [0.2, 0.25) is 15.9 Å². The second-order valence-corrected chi connectivity index (χ2v) is 9.70. The van der Waals surface area contributed by atoms with Crippen LogP contribution < -0.4 is 4.90 Å². The minimum atomic E-state index is -3.13. The Balaban J connectivity index is 1.28. The maximum absolute atomic E-state index is 12.6. The summed E-state index contributed by atoms with van der Waals surface area (Å²) in [7, 11) is -3.13. The molecule has 0 spiro atoms. The van der Waals surface area contributed by atoms with Crippen molar-refractivity contribution < 1.29 is 13.2 Å². The second-order valence-electron chi connectivity index (χ2n) is 7.05. The molecule has 1 aliphatic carbocycles. The van der Waals surface area contributed by atoms with Gasteiger partial charge in [-0.3, -0.25) is 4.79 Å². The molecule has 1 saturated carbocycles. The Morgan fingerprint density at radius 1 is 1.00 bits per heavy atom. The zero-order chi connectivity index (χ0) is 17.6. The number of carbonyl (C=O) groups excluding carboxylic acids is 1. The van der Waals surface area contributed by atoms with Gasteiger partial charge >= 0.3 is 0 Å². The lowest BCUT2D eigenvalue weighted by Crippen LogP contribution is -2.59. The van der Waals surface area contributed by atoms with E-state index < -0.39 is 10.0 Å². The van der Waals surface area contributed by atoms with Gasteiger partial charge in [0.1, 0.15) is 0 Å². The molecule has 3 fully saturated rings. The van der Waals surface area contributed by atoms with Crippen LogP contribution in [0, 0.1) is 5.92 Å². The highest BCUT2D eigenvalue weighted by Crippen LogP contribution is 2.35. The van der Waals surface area contributed by atoms with E-state index in [2.05, 4.69) is 4.90 Å². The fourth-order valence-corrected chi connectivity index (χ4v) is 5.53. The highest BCUT2D eigenvalue weighted by Gasteiger charge is 2.47. The van der Waals surface area contributed by atoms with Gasteiger partial charge in [-0.2, -0.15) is 4.31 Å². The largest absolute Gasteiger partial charge is 0.368 e. The van der Waals surface area contributed by atoms with Gasteiger partial charge in [0, 0.05) is 50.0 Å².